The van der Waals surface area contributed by atoms with Crippen LogP contribution in [-0.2, 0) is 0 Å². The van der Waals surface area contributed by atoms with Crippen LogP contribution in [0.15, 0.2) is 0 Å². The Kier molecular flexibility index (Phi) is 1.97. The number of hydrogen-bond donors (Lipinski definition) is 0. The average Bonchev–Trinajstić information content (AvgIpc) is 1.84. The lowest BCUT2D eigenvalue weighted by atomic mass is 9.80. The van der Waals surface area contributed by atoms with Gasteiger partial charge in [0, 0.05) is 11.8 Å². The highest BCUT2D eigenvalue weighted by Gasteiger charge is 2.44. The molecule has 59 valence electrons. The maximum Gasteiger partial charge on any atom is 0.253 e. The van der Waals surface area contributed by atoms with Crippen molar-refractivity contribution in [3.8, 4) is 0 Å². The fourth-order valence-corrected chi connectivity index (χ4v) is 1.46. The molecule has 2 atom stereocenters. The van der Waals surface area contributed by atoms with Gasteiger partial charge in [0.25, 0.3) is 5.92 Å². The van der Waals surface area contributed by atoms with E-state index in [2.05, 4.69) is 6.92 Å². The second-order valence-electron chi connectivity index (χ2n) is 3.20. The van der Waals surface area contributed by atoms with Crippen molar-refractivity contribution in [1.29, 1.82) is 0 Å². The third-order valence-electron chi connectivity index (χ3n) is 2.39. The molecule has 2 heteroatoms. The lowest BCUT2D eigenvalue weighted by molar-refractivity contribution is -0.110. The summed E-state index contributed by atoms with van der Waals surface area (Å²) in [5.41, 5.74) is 0. The van der Waals surface area contributed by atoms with E-state index in [0.29, 0.717) is 12.8 Å². The third-order valence-corrected chi connectivity index (χ3v) is 2.39. The highest BCUT2D eigenvalue weighted by molar-refractivity contribution is 4.87. The van der Waals surface area contributed by atoms with Gasteiger partial charge in [0.15, 0.2) is 0 Å². The molecule has 1 aliphatic carbocycles. The minimum atomic E-state index is -2.52. The summed E-state index contributed by atoms with van der Waals surface area (Å²) in [6, 6.07) is 0. The molecule has 0 aliphatic heterocycles. The topological polar surface area (TPSA) is 0 Å². The van der Waals surface area contributed by atoms with Gasteiger partial charge in [-0.25, -0.2) is 8.78 Å². The molecule has 1 aliphatic rings. The molecule has 1 saturated carbocycles. The van der Waals surface area contributed by atoms with Crippen LogP contribution in [-0.4, -0.2) is 5.92 Å². The van der Waals surface area contributed by atoms with Gasteiger partial charge in [-0.1, -0.05) is 13.3 Å². The van der Waals surface area contributed by atoms with Crippen LogP contribution in [0.3, 0.4) is 0 Å². The molecular weight excluding hydrogens is 134 g/mol. The van der Waals surface area contributed by atoms with Crippen molar-refractivity contribution in [3.63, 3.8) is 0 Å². The molecule has 0 heterocycles. The molecule has 0 aromatic heterocycles. The van der Waals surface area contributed by atoms with E-state index in [0.717, 1.165) is 6.42 Å². The molecule has 10 heavy (non-hydrogen) atoms. The molecular formula is C8H13F2. The van der Waals surface area contributed by atoms with Crippen LogP contribution in [0.5, 0.6) is 0 Å². The Balaban J connectivity index is 2.63. The minimum absolute atomic E-state index is 0.469. The molecule has 0 spiro atoms. The van der Waals surface area contributed by atoms with Gasteiger partial charge in [-0.05, 0) is 19.8 Å². The Morgan fingerprint density at radius 2 is 2.00 bits per heavy atom. The summed E-state index contributed by atoms with van der Waals surface area (Å²) in [5, 5.41) is 0. The molecule has 0 aromatic carbocycles. The van der Waals surface area contributed by atoms with Gasteiger partial charge >= 0.3 is 0 Å². The second kappa shape index (κ2) is 2.48. The van der Waals surface area contributed by atoms with Crippen LogP contribution in [0.2, 0.25) is 0 Å². The molecule has 1 radical (unpaired) electrons. The molecule has 0 nitrogen and oxygen atoms in total. The lowest BCUT2D eigenvalue weighted by Crippen LogP contribution is -2.37. The van der Waals surface area contributed by atoms with Gasteiger partial charge in [0.1, 0.15) is 0 Å². The fraction of sp³-hybridized carbons (Fsp3) is 0.875. The molecule has 0 N–H and O–H groups in total. The van der Waals surface area contributed by atoms with E-state index < -0.39 is 17.8 Å². The summed E-state index contributed by atoms with van der Waals surface area (Å²) >= 11 is 0. The smallest absolute Gasteiger partial charge is 0.206 e. The van der Waals surface area contributed by atoms with E-state index in [9.17, 15) is 8.78 Å². The first-order valence-corrected chi connectivity index (χ1v) is 3.76. The predicted octanol–water partition coefficient (Wildman–Crippen LogP) is 2.89. The molecule has 0 aromatic rings. The standard InChI is InChI=1S/C8H13F2/c1-6-4-3-5-7(2)8(6,9)10/h6-7H,1,3-5H2,2H3. The Labute approximate surface area is 60.6 Å². The maximum absolute atomic E-state index is 12.9. The second-order valence-corrected chi connectivity index (χ2v) is 3.20. The number of hydrogen-bond acceptors (Lipinski definition) is 0. The molecule has 2 unspecified atom stereocenters. The van der Waals surface area contributed by atoms with Gasteiger partial charge in [0.05, 0.1) is 0 Å². The molecule has 1 rings (SSSR count). The molecule has 1 fully saturated rings. The Bertz CT molecular complexity index is 108. The first-order chi connectivity index (χ1) is 4.55. The van der Waals surface area contributed by atoms with Crippen molar-refractivity contribution in [1.82, 2.24) is 0 Å². The fourth-order valence-electron chi connectivity index (χ4n) is 1.46. The van der Waals surface area contributed by atoms with Crippen molar-refractivity contribution in [2.75, 3.05) is 0 Å². The third kappa shape index (κ3) is 1.16. The van der Waals surface area contributed by atoms with Crippen molar-refractivity contribution >= 4 is 0 Å². The Morgan fingerprint density at radius 1 is 1.40 bits per heavy atom. The lowest BCUT2D eigenvalue weighted by Gasteiger charge is -2.33. The van der Waals surface area contributed by atoms with Gasteiger partial charge in [-0.2, -0.15) is 0 Å². The van der Waals surface area contributed by atoms with Crippen LogP contribution in [0.25, 0.3) is 0 Å². The van der Waals surface area contributed by atoms with Gasteiger partial charge in [0.2, 0.25) is 0 Å². The van der Waals surface area contributed by atoms with Crippen LogP contribution < -0.4 is 0 Å². The van der Waals surface area contributed by atoms with E-state index in [4.69, 9.17) is 0 Å². The monoisotopic (exact) mass is 147 g/mol. The van der Waals surface area contributed by atoms with Crippen molar-refractivity contribution < 1.29 is 8.78 Å². The predicted molar refractivity (Wildman–Crippen MR) is 36.8 cm³/mol. The molecule has 0 amide bonds. The van der Waals surface area contributed by atoms with E-state index in [1.165, 1.54) is 0 Å². The minimum Gasteiger partial charge on any atom is -0.206 e. The van der Waals surface area contributed by atoms with Gasteiger partial charge < -0.3 is 0 Å². The van der Waals surface area contributed by atoms with Crippen LogP contribution in [0, 0.1) is 18.8 Å². The quantitative estimate of drug-likeness (QED) is 0.494. The normalized spacial score (nSPS) is 39.6. The maximum atomic E-state index is 12.9. The van der Waals surface area contributed by atoms with E-state index >= 15 is 0 Å². The van der Waals surface area contributed by atoms with Gasteiger partial charge in [-0.15, -0.1) is 0 Å². The van der Waals surface area contributed by atoms with Crippen LogP contribution in [0.4, 0.5) is 8.78 Å². The first kappa shape index (κ1) is 7.96. The van der Waals surface area contributed by atoms with Crippen molar-refractivity contribution in [3.05, 3.63) is 6.92 Å². The highest BCUT2D eigenvalue weighted by Crippen LogP contribution is 2.41. The summed E-state index contributed by atoms with van der Waals surface area (Å²) in [6.45, 7) is 5.06. The van der Waals surface area contributed by atoms with Crippen molar-refractivity contribution in [2.24, 2.45) is 11.8 Å². The first-order valence-electron chi connectivity index (χ1n) is 3.76. The van der Waals surface area contributed by atoms with Crippen LogP contribution >= 0.6 is 0 Å². The summed E-state index contributed by atoms with van der Waals surface area (Å²) in [4.78, 5) is 0. The number of alkyl halides is 2. The summed E-state index contributed by atoms with van der Waals surface area (Å²) in [7, 11) is 0. The largest absolute Gasteiger partial charge is 0.253 e. The van der Waals surface area contributed by atoms with Crippen molar-refractivity contribution in [2.45, 2.75) is 32.1 Å². The Hall–Kier alpha value is -0.140. The van der Waals surface area contributed by atoms with E-state index in [-0.39, 0.29) is 0 Å². The number of rotatable bonds is 0. The summed E-state index contributed by atoms with van der Waals surface area (Å²) in [5.74, 6) is -3.64. The number of halogens is 2. The average molecular weight is 147 g/mol. The summed E-state index contributed by atoms with van der Waals surface area (Å²) in [6.07, 6.45) is 2.14. The van der Waals surface area contributed by atoms with E-state index in [1.807, 2.05) is 0 Å². The molecule has 0 bridgehead atoms. The zero-order valence-corrected chi connectivity index (χ0v) is 6.24. The van der Waals surface area contributed by atoms with Gasteiger partial charge in [-0.3, -0.25) is 0 Å². The zero-order valence-electron chi connectivity index (χ0n) is 6.24. The molecule has 0 saturated heterocycles. The Morgan fingerprint density at radius 3 is 2.40 bits per heavy atom. The summed E-state index contributed by atoms with van der Waals surface area (Å²) < 4.78 is 25.9. The highest BCUT2D eigenvalue weighted by atomic mass is 19.3. The van der Waals surface area contributed by atoms with E-state index in [1.54, 1.807) is 6.92 Å². The van der Waals surface area contributed by atoms with Crippen LogP contribution in [0.1, 0.15) is 26.2 Å². The SMILES string of the molecule is [CH2]C1CCCC(C)C1(F)F. The zero-order chi connectivity index (χ0) is 7.78.